The first-order valence-corrected chi connectivity index (χ1v) is 10.4. The van der Waals surface area contributed by atoms with E-state index in [1.807, 2.05) is 30.3 Å². The van der Waals surface area contributed by atoms with Gasteiger partial charge in [-0.05, 0) is 11.6 Å². The third kappa shape index (κ3) is 4.24. The van der Waals surface area contributed by atoms with Gasteiger partial charge in [-0.3, -0.25) is 10.1 Å². The van der Waals surface area contributed by atoms with Crippen LogP contribution < -0.4 is 0 Å². The van der Waals surface area contributed by atoms with E-state index < -0.39 is 14.9 Å². The van der Waals surface area contributed by atoms with E-state index in [0.717, 1.165) is 11.6 Å². The molecule has 1 aliphatic heterocycles. The normalized spacial score (nSPS) is 15.7. The fourth-order valence-electron chi connectivity index (χ4n) is 2.59. The Balaban J connectivity index is 1.94. The lowest BCUT2D eigenvalue weighted by molar-refractivity contribution is -0.385. The van der Waals surface area contributed by atoms with Crippen LogP contribution in [-0.2, 0) is 20.5 Å². The van der Waals surface area contributed by atoms with E-state index >= 15 is 0 Å². The number of sulfonamides is 1. The number of hydrogen-bond acceptors (Lipinski definition) is 6. The number of non-ortho nitro benzene ring substituents is 1. The summed E-state index contributed by atoms with van der Waals surface area (Å²) in [5, 5.41) is 11.1. The number of nitrogens with zero attached hydrogens (tertiary/aromatic N) is 2. The summed E-state index contributed by atoms with van der Waals surface area (Å²) in [5.41, 5.74) is 0.812. The van der Waals surface area contributed by atoms with Crippen LogP contribution in [0.15, 0.2) is 58.3 Å². The fourth-order valence-corrected chi connectivity index (χ4v) is 5.47. The van der Waals surface area contributed by atoms with Crippen molar-refractivity contribution in [3.05, 3.63) is 64.2 Å². The largest absolute Gasteiger partial charge is 0.379 e. The van der Waals surface area contributed by atoms with Crippen LogP contribution in [0.2, 0.25) is 0 Å². The summed E-state index contributed by atoms with van der Waals surface area (Å²) in [5.74, 6) is 0.574. The number of thioether (sulfide) groups is 1. The maximum atomic E-state index is 13.0. The van der Waals surface area contributed by atoms with Gasteiger partial charge in [0.05, 0.1) is 18.1 Å². The molecule has 1 aliphatic rings. The second-order valence-electron chi connectivity index (χ2n) is 5.68. The molecule has 138 valence electrons. The van der Waals surface area contributed by atoms with E-state index in [0.29, 0.717) is 23.9 Å². The topological polar surface area (TPSA) is 89.8 Å². The average molecular weight is 394 g/mol. The zero-order chi connectivity index (χ0) is 18.6. The third-order valence-corrected chi connectivity index (χ3v) is 7.18. The van der Waals surface area contributed by atoms with Crippen LogP contribution in [0, 0.1) is 10.1 Å². The van der Waals surface area contributed by atoms with Gasteiger partial charge in [-0.2, -0.15) is 4.31 Å². The van der Waals surface area contributed by atoms with Crippen molar-refractivity contribution in [3.63, 3.8) is 0 Å². The summed E-state index contributed by atoms with van der Waals surface area (Å²) in [6.07, 6.45) is 0. The first-order chi connectivity index (χ1) is 12.5. The molecule has 3 rings (SSSR count). The second kappa shape index (κ2) is 8.17. The highest BCUT2D eigenvalue weighted by Gasteiger charge is 2.30. The third-order valence-electron chi connectivity index (χ3n) is 3.96. The number of nitro groups is 1. The van der Waals surface area contributed by atoms with Crippen LogP contribution in [0.1, 0.15) is 5.56 Å². The van der Waals surface area contributed by atoms with Crippen molar-refractivity contribution in [2.75, 3.05) is 26.3 Å². The Morgan fingerprint density at radius 2 is 1.81 bits per heavy atom. The molecule has 1 saturated heterocycles. The molecule has 0 amide bonds. The van der Waals surface area contributed by atoms with Crippen molar-refractivity contribution >= 4 is 27.5 Å². The van der Waals surface area contributed by atoms with Gasteiger partial charge >= 0.3 is 0 Å². The Hall–Kier alpha value is -1.94. The smallest absolute Gasteiger partial charge is 0.270 e. The van der Waals surface area contributed by atoms with Crippen LogP contribution >= 0.6 is 11.8 Å². The van der Waals surface area contributed by atoms with Gasteiger partial charge in [0.2, 0.25) is 10.0 Å². The maximum Gasteiger partial charge on any atom is 0.270 e. The molecule has 0 radical (unpaired) electrons. The molecule has 0 aromatic heterocycles. The van der Waals surface area contributed by atoms with E-state index in [2.05, 4.69) is 0 Å². The van der Waals surface area contributed by atoms with Gasteiger partial charge in [0.25, 0.3) is 5.69 Å². The molecule has 1 heterocycles. The molecule has 2 aromatic carbocycles. The molecule has 7 nitrogen and oxygen atoms in total. The van der Waals surface area contributed by atoms with Crippen molar-refractivity contribution in [1.29, 1.82) is 0 Å². The van der Waals surface area contributed by atoms with E-state index in [9.17, 15) is 18.5 Å². The number of nitro benzene ring substituents is 1. The van der Waals surface area contributed by atoms with Crippen LogP contribution in [0.4, 0.5) is 5.69 Å². The molecular weight excluding hydrogens is 376 g/mol. The van der Waals surface area contributed by atoms with Gasteiger partial charge in [0, 0.05) is 35.9 Å². The highest BCUT2D eigenvalue weighted by molar-refractivity contribution is 7.99. The fraction of sp³-hybridized carbons (Fsp3) is 0.294. The molecule has 0 saturated carbocycles. The summed E-state index contributed by atoms with van der Waals surface area (Å²) < 4.78 is 32.6. The van der Waals surface area contributed by atoms with Crippen molar-refractivity contribution < 1.29 is 18.1 Å². The molecular formula is C17H18N2O5S2. The number of rotatable bonds is 6. The van der Waals surface area contributed by atoms with Crippen molar-refractivity contribution in [1.82, 2.24) is 4.31 Å². The molecule has 0 N–H and O–H groups in total. The Labute approximate surface area is 156 Å². The van der Waals surface area contributed by atoms with Crippen molar-refractivity contribution in [2.45, 2.75) is 15.5 Å². The molecule has 0 spiro atoms. The number of ether oxygens (including phenoxy) is 1. The minimum Gasteiger partial charge on any atom is -0.379 e. The molecule has 2 aromatic rings. The lowest BCUT2D eigenvalue weighted by atomic mass is 10.2. The Kier molecular flexibility index (Phi) is 5.92. The first kappa shape index (κ1) is 18.8. The van der Waals surface area contributed by atoms with E-state index in [1.165, 1.54) is 28.2 Å². The second-order valence-corrected chi connectivity index (χ2v) is 8.60. The van der Waals surface area contributed by atoms with Gasteiger partial charge in [-0.25, -0.2) is 8.42 Å². The van der Waals surface area contributed by atoms with Crippen molar-refractivity contribution in [2.24, 2.45) is 0 Å². The van der Waals surface area contributed by atoms with E-state index in [4.69, 9.17) is 4.74 Å². The summed E-state index contributed by atoms with van der Waals surface area (Å²) in [4.78, 5) is 11.0. The Morgan fingerprint density at radius 3 is 2.46 bits per heavy atom. The number of morpholine rings is 1. The zero-order valence-corrected chi connectivity index (χ0v) is 15.5. The monoisotopic (exact) mass is 394 g/mol. The van der Waals surface area contributed by atoms with Gasteiger partial charge in [0.1, 0.15) is 4.90 Å². The maximum absolute atomic E-state index is 13.0. The highest BCUT2D eigenvalue weighted by Crippen LogP contribution is 2.34. The van der Waals surface area contributed by atoms with E-state index in [-0.39, 0.29) is 23.7 Å². The lowest BCUT2D eigenvalue weighted by Gasteiger charge is -2.26. The number of hydrogen-bond donors (Lipinski definition) is 0. The van der Waals surface area contributed by atoms with Crippen LogP contribution in [0.3, 0.4) is 0 Å². The van der Waals surface area contributed by atoms with Crippen LogP contribution in [0.5, 0.6) is 0 Å². The SMILES string of the molecule is O=[N+]([O-])c1ccc(SCc2ccccc2)c(S(=O)(=O)N2CCOCC2)c1. The van der Waals surface area contributed by atoms with Crippen LogP contribution in [0.25, 0.3) is 0 Å². The first-order valence-electron chi connectivity index (χ1n) is 8.01. The number of benzene rings is 2. The average Bonchev–Trinajstić information content (AvgIpc) is 2.67. The molecule has 0 bridgehead atoms. The highest BCUT2D eigenvalue weighted by atomic mass is 32.2. The van der Waals surface area contributed by atoms with Gasteiger partial charge in [0.15, 0.2) is 0 Å². The van der Waals surface area contributed by atoms with Crippen molar-refractivity contribution in [3.8, 4) is 0 Å². The zero-order valence-electron chi connectivity index (χ0n) is 13.9. The van der Waals surface area contributed by atoms with Gasteiger partial charge in [-0.15, -0.1) is 11.8 Å². The predicted octanol–water partition coefficient (Wildman–Crippen LogP) is 2.91. The molecule has 0 unspecified atom stereocenters. The van der Waals surface area contributed by atoms with E-state index in [1.54, 1.807) is 0 Å². The quantitative estimate of drug-likeness (QED) is 0.425. The Morgan fingerprint density at radius 1 is 1.12 bits per heavy atom. The summed E-state index contributed by atoms with van der Waals surface area (Å²) >= 11 is 1.35. The molecule has 0 atom stereocenters. The minimum absolute atomic E-state index is 0.0190. The molecule has 1 fully saturated rings. The lowest BCUT2D eigenvalue weighted by Crippen LogP contribution is -2.40. The molecule has 26 heavy (non-hydrogen) atoms. The molecule has 0 aliphatic carbocycles. The van der Waals surface area contributed by atoms with Gasteiger partial charge in [-0.1, -0.05) is 30.3 Å². The predicted molar refractivity (Wildman–Crippen MR) is 98.7 cm³/mol. The minimum atomic E-state index is -3.83. The molecule has 9 heteroatoms. The standard InChI is InChI=1S/C17H18N2O5S2/c20-19(21)15-6-7-16(25-13-14-4-2-1-3-5-14)17(12-15)26(22,23)18-8-10-24-11-9-18/h1-7,12H,8-11,13H2. The Bertz CT molecular complexity index is 881. The van der Waals surface area contributed by atoms with Gasteiger partial charge < -0.3 is 4.74 Å². The summed E-state index contributed by atoms with van der Waals surface area (Å²) in [7, 11) is -3.83. The van der Waals surface area contributed by atoms with Crippen LogP contribution in [-0.4, -0.2) is 43.9 Å². The summed E-state index contributed by atoms with van der Waals surface area (Å²) in [6, 6.07) is 13.6. The summed E-state index contributed by atoms with van der Waals surface area (Å²) in [6.45, 7) is 1.13.